The van der Waals surface area contributed by atoms with E-state index in [4.69, 9.17) is 9.47 Å². The van der Waals surface area contributed by atoms with Crippen LogP contribution in [-0.4, -0.2) is 49.9 Å². The lowest BCUT2D eigenvalue weighted by atomic mass is 10.1. The summed E-state index contributed by atoms with van der Waals surface area (Å²) >= 11 is 0. The molecule has 0 aliphatic heterocycles. The first-order valence-electron chi connectivity index (χ1n) is 10.2. The number of aromatic nitrogens is 2. The van der Waals surface area contributed by atoms with Gasteiger partial charge in [-0.1, -0.05) is 12.1 Å². The molecule has 0 radical (unpaired) electrons. The second kappa shape index (κ2) is 12.4. The number of nitrogens with zero attached hydrogens (tertiary/aromatic N) is 3. The summed E-state index contributed by atoms with van der Waals surface area (Å²) in [6, 6.07) is 14.1. The van der Waals surface area contributed by atoms with Crippen molar-refractivity contribution >= 4 is 41.0 Å². The van der Waals surface area contributed by atoms with Gasteiger partial charge in [0.2, 0.25) is 0 Å². The van der Waals surface area contributed by atoms with Crippen LogP contribution in [0.2, 0.25) is 0 Å². The molecule has 0 aliphatic rings. The summed E-state index contributed by atoms with van der Waals surface area (Å²) in [7, 11) is 5.14. The first-order chi connectivity index (χ1) is 14.7. The molecule has 0 aliphatic carbocycles. The summed E-state index contributed by atoms with van der Waals surface area (Å²) in [5.74, 6) is 3.54. The molecule has 3 aromatic rings. The van der Waals surface area contributed by atoms with Crippen LogP contribution in [0.4, 0.5) is 0 Å². The molecule has 1 aromatic heterocycles. The Morgan fingerprint density at radius 3 is 2.58 bits per heavy atom. The fourth-order valence-corrected chi connectivity index (χ4v) is 3.54. The van der Waals surface area contributed by atoms with Gasteiger partial charge in [-0.2, -0.15) is 0 Å². The number of halogens is 1. The van der Waals surface area contributed by atoms with E-state index in [1.165, 1.54) is 5.52 Å². The largest absolute Gasteiger partial charge is 0.497 e. The van der Waals surface area contributed by atoms with Gasteiger partial charge in [0.1, 0.15) is 17.3 Å². The lowest BCUT2D eigenvalue weighted by Crippen LogP contribution is -2.39. The SMILES string of the molecule is CN=C(NCCCn1c(C)nc2ccccc21)NCCc1cc(OC)ccc1OC.I. The van der Waals surface area contributed by atoms with E-state index < -0.39 is 0 Å². The zero-order chi connectivity index (χ0) is 21.3. The van der Waals surface area contributed by atoms with Gasteiger partial charge in [0, 0.05) is 26.7 Å². The van der Waals surface area contributed by atoms with Crippen LogP contribution in [0.5, 0.6) is 11.5 Å². The average Bonchev–Trinajstić information content (AvgIpc) is 3.10. The van der Waals surface area contributed by atoms with Gasteiger partial charge in [-0.05, 0) is 55.7 Å². The molecule has 2 N–H and O–H groups in total. The van der Waals surface area contributed by atoms with Crippen molar-refractivity contribution in [3.05, 3.63) is 53.9 Å². The first-order valence-corrected chi connectivity index (χ1v) is 10.2. The zero-order valence-corrected chi connectivity index (χ0v) is 21.0. The molecule has 2 aromatic carbocycles. The highest BCUT2D eigenvalue weighted by Gasteiger charge is 2.07. The molecular weight excluding hydrogens is 505 g/mol. The van der Waals surface area contributed by atoms with E-state index in [1.807, 2.05) is 24.3 Å². The third-order valence-corrected chi connectivity index (χ3v) is 5.09. The fraction of sp³-hybridized carbons (Fsp3) is 0.391. The fourth-order valence-electron chi connectivity index (χ4n) is 3.54. The second-order valence-corrected chi connectivity index (χ2v) is 7.01. The molecule has 0 atom stereocenters. The van der Waals surface area contributed by atoms with Crippen LogP contribution in [0.15, 0.2) is 47.5 Å². The second-order valence-electron chi connectivity index (χ2n) is 7.01. The minimum atomic E-state index is 0. The van der Waals surface area contributed by atoms with Crippen LogP contribution < -0.4 is 20.1 Å². The number of hydrogen-bond acceptors (Lipinski definition) is 4. The molecule has 168 valence electrons. The van der Waals surface area contributed by atoms with Gasteiger partial charge in [0.15, 0.2) is 5.96 Å². The molecule has 0 saturated carbocycles. The van der Waals surface area contributed by atoms with E-state index in [0.717, 1.165) is 66.8 Å². The van der Waals surface area contributed by atoms with E-state index >= 15 is 0 Å². The van der Waals surface area contributed by atoms with E-state index in [0.29, 0.717) is 0 Å². The van der Waals surface area contributed by atoms with Crippen molar-refractivity contribution in [3.8, 4) is 11.5 Å². The number of methoxy groups -OCH3 is 2. The van der Waals surface area contributed by atoms with Crippen LogP contribution in [0, 0.1) is 6.92 Å². The Morgan fingerprint density at radius 2 is 1.84 bits per heavy atom. The maximum absolute atomic E-state index is 5.45. The van der Waals surface area contributed by atoms with Crippen molar-refractivity contribution in [1.82, 2.24) is 20.2 Å². The lowest BCUT2D eigenvalue weighted by Gasteiger charge is -2.14. The predicted molar refractivity (Wildman–Crippen MR) is 137 cm³/mol. The third kappa shape index (κ3) is 6.49. The number of benzene rings is 2. The van der Waals surface area contributed by atoms with Crippen LogP contribution in [0.1, 0.15) is 17.8 Å². The number of aryl methyl sites for hydroxylation is 2. The monoisotopic (exact) mass is 537 g/mol. The van der Waals surface area contributed by atoms with Gasteiger partial charge in [0.25, 0.3) is 0 Å². The number of para-hydroxylation sites is 2. The number of hydrogen-bond donors (Lipinski definition) is 2. The zero-order valence-electron chi connectivity index (χ0n) is 18.6. The maximum atomic E-state index is 5.45. The molecule has 1 heterocycles. The van der Waals surface area contributed by atoms with Crippen molar-refractivity contribution in [1.29, 1.82) is 0 Å². The molecule has 7 nitrogen and oxygen atoms in total. The molecule has 8 heteroatoms. The van der Waals surface area contributed by atoms with Crippen LogP contribution in [0.25, 0.3) is 11.0 Å². The smallest absolute Gasteiger partial charge is 0.190 e. The Kier molecular flexibility index (Phi) is 9.90. The number of aliphatic imine (C=N–C) groups is 1. The minimum absolute atomic E-state index is 0. The number of guanidine groups is 1. The highest BCUT2D eigenvalue weighted by molar-refractivity contribution is 14.0. The highest BCUT2D eigenvalue weighted by Crippen LogP contribution is 2.24. The molecule has 0 bridgehead atoms. The van der Waals surface area contributed by atoms with Gasteiger partial charge in [-0.25, -0.2) is 4.98 Å². The van der Waals surface area contributed by atoms with E-state index in [9.17, 15) is 0 Å². The summed E-state index contributed by atoms with van der Waals surface area (Å²) in [5.41, 5.74) is 3.33. The standard InChI is InChI=1S/C23H31N5O2.HI/c1-17-27-20-8-5-6-9-21(20)28(17)15-7-13-25-23(24-2)26-14-12-18-16-19(29-3)10-11-22(18)30-4;/h5-6,8-11,16H,7,12-15H2,1-4H3,(H2,24,25,26);1H. The Labute approximate surface area is 201 Å². The normalized spacial score (nSPS) is 11.2. The number of ether oxygens (including phenoxy) is 2. The van der Waals surface area contributed by atoms with Gasteiger partial charge < -0.3 is 24.7 Å². The van der Waals surface area contributed by atoms with Crippen LogP contribution >= 0.6 is 24.0 Å². The van der Waals surface area contributed by atoms with Crippen molar-refractivity contribution in [2.75, 3.05) is 34.4 Å². The molecular formula is C23H32IN5O2. The molecule has 0 amide bonds. The molecule has 0 unspecified atom stereocenters. The van der Waals surface area contributed by atoms with Gasteiger partial charge in [-0.15, -0.1) is 24.0 Å². The number of fused-ring (bicyclic) bond motifs is 1. The summed E-state index contributed by atoms with van der Waals surface area (Å²) in [6.07, 6.45) is 1.78. The topological polar surface area (TPSA) is 72.7 Å². The average molecular weight is 537 g/mol. The molecule has 0 spiro atoms. The van der Waals surface area contributed by atoms with Crippen LogP contribution in [-0.2, 0) is 13.0 Å². The first kappa shape index (κ1) is 24.8. The Bertz CT molecular complexity index is 1000. The lowest BCUT2D eigenvalue weighted by molar-refractivity contribution is 0.398. The molecule has 31 heavy (non-hydrogen) atoms. The number of nitrogens with one attached hydrogen (secondary N) is 2. The van der Waals surface area contributed by atoms with Gasteiger partial charge >= 0.3 is 0 Å². The summed E-state index contributed by atoms with van der Waals surface area (Å²) in [5, 5.41) is 6.75. The van der Waals surface area contributed by atoms with E-state index in [1.54, 1.807) is 21.3 Å². The van der Waals surface area contributed by atoms with Crippen molar-refractivity contribution in [3.63, 3.8) is 0 Å². The van der Waals surface area contributed by atoms with Crippen molar-refractivity contribution < 1.29 is 9.47 Å². The quantitative estimate of drug-likeness (QED) is 0.188. The Balaban J connectivity index is 0.00000341. The minimum Gasteiger partial charge on any atom is -0.497 e. The van der Waals surface area contributed by atoms with E-state index in [2.05, 4.69) is 50.3 Å². The number of imidazole rings is 1. The third-order valence-electron chi connectivity index (χ3n) is 5.09. The van der Waals surface area contributed by atoms with Gasteiger partial charge in [-0.3, -0.25) is 4.99 Å². The predicted octanol–water partition coefficient (Wildman–Crippen LogP) is 3.78. The number of rotatable bonds is 9. The van der Waals surface area contributed by atoms with Crippen LogP contribution in [0.3, 0.4) is 0 Å². The van der Waals surface area contributed by atoms with Crippen molar-refractivity contribution in [2.45, 2.75) is 26.3 Å². The van der Waals surface area contributed by atoms with Gasteiger partial charge in [0.05, 0.1) is 25.3 Å². The maximum Gasteiger partial charge on any atom is 0.190 e. The summed E-state index contributed by atoms with van der Waals surface area (Å²) < 4.78 is 13.0. The molecule has 0 fully saturated rings. The molecule has 0 saturated heterocycles. The Hall–Kier alpha value is -2.49. The Morgan fingerprint density at radius 1 is 1.06 bits per heavy atom. The summed E-state index contributed by atoms with van der Waals surface area (Å²) in [4.78, 5) is 8.94. The van der Waals surface area contributed by atoms with E-state index in [-0.39, 0.29) is 24.0 Å². The highest BCUT2D eigenvalue weighted by atomic mass is 127. The summed E-state index contributed by atoms with van der Waals surface area (Å²) in [6.45, 7) is 4.54. The molecule has 3 rings (SSSR count). The van der Waals surface area contributed by atoms with Crippen molar-refractivity contribution in [2.24, 2.45) is 4.99 Å².